The van der Waals surface area contributed by atoms with Gasteiger partial charge >= 0.3 is 0 Å². The van der Waals surface area contributed by atoms with Gasteiger partial charge in [0.25, 0.3) is 10.0 Å². The van der Waals surface area contributed by atoms with Crippen molar-refractivity contribution in [2.45, 2.75) is 4.21 Å². The van der Waals surface area contributed by atoms with Crippen LogP contribution in [0.4, 0.5) is 15.8 Å². The van der Waals surface area contributed by atoms with E-state index in [4.69, 9.17) is 4.74 Å². The number of carbonyl (C=O) groups is 1. The summed E-state index contributed by atoms with van der Waals surface area (Å²) in [5.74, 6) is 0.00226. The molecular weight excluding hydrogens is 465 g/mol. The molecule has 10 heteroatoms. The van der Waals surface area contributed by atoms with Crippen molar-refractivity contribution in [3.8, 4) is 5.75 Å². The number of hydrogen-bond acceptors (Lipinski definition) is 6. The Balaban J connectivity index is 1.47. The summed E-state index contributed by atoms with van der Waals surface area (Å²) in [6.45, 7) is 1.86. The number of rotatable bonds is 7. The maximum atomic E-state index is 13.4. The summed E-state index contributed by atoms with van der Waals surface area (Å²) in [4.78, 5) is 16.9. The van der Waals surface area contributed by atoms with Gasteiger partial charge in [-0.15, -0.1) is 11.3 Å². The third kappa shape index (κ3) is 5.12. The first kappa shape index (κ1) is 23.1. The Morgan fingerprint density at radius 3 is 2.27 bits per heavy atom. The van der Waals surface area contributed by atoms with Gasteiger partial charge in [-0.1, -0.05) is 6.07 Å². The number of anilines is 2. The smallest absolute Gasteiger partial charge is 0.274 e. The van der Waals surface area contributed by atoms with Crippen LogP contribution < -0.4 is 13.9 Å². The monoisotopic (exact) mass is 489 g/mol. The Labute approximate surface area is 196 Å². The van der Waals surface area contributed by atoms with Crippen molar-refractivity contribution in [1.82, 2.24) is 4.90 Å². The summed E-state index contributed by atoms with van der Waals surface area (Å²) in [6, 6.07) is 16.0. The van der Waals surface area contributed by atoms with E-state index < -0.39 is 15.8 Å². The first-order valence-corrected chi connectivity index (χ1v) is 12.7. The van der Waals surface area contributed by atoms with Crippen molar-refractivity contribution in [2.24, 2.45) is 0 Å². The van der Waals surface area contributed by atoms with Crippen LogP contribution in [0, 0.1) is 5.82 Å². The van der Waals surface area contributed by atoms with Crippen LogP contribution in [0.25, 0.3) is 0 Å². The van der Waals surface area contributed by atoms with Crippen molar-refractivity contribution >= 4 is 38.6 Å². The normalized spacial score (nSPS) is 14.2. The highest BCUT2D eigenvalue weighted by atomic mass is 32.2. The first-order chi connectivity index (χ1) is 15.9. The van der Waals surface area contributed by atoms with Gasteiger partial charge in [0.05, 0.1) is 12.8 Å². The molecule has 7 nitrogen and oxygen atoms in total. The van der Waals surface area contributed by atoms with E-state index in [-0.39, 0.29) is 22.3 Å². The fourth-order valence-electron chi connectivity index (χ4n) is 3.67. The van der Waals surface area contributed by atoms with Gasteiger partial charge in [-0.05, 0) is 60.0 Å². The summed E-state index contributed by atoms with van der Waals surface area (Å²) < 4.78 is 46.3. The Morgan fingerprint density at radius 1 is 1.03 bits per heavy atom. The number of benzene rings is 2. The molecule has 0 spiro atoms. The van der Waals surface area contributed by atoms with Gasteiger partial charge in [0.2, 0.25) is 5.91 Å². The van der Waals surface area contributed by atoms with E-state index in [0.29, 0.717) is 26.2 Å². The molecule has 0 atom stereocenters. The van der Waals surface area contributed by atoms with Gasteiger partial charge in [-0.2, -0.15) is 0 Å². The van der Waals surface area contributed by atoms with E-state index >= 15 is 0 Å². The molecule has 0 N–H and O–H groups in total. The highest BCUT2D eigenvalue weighted by molar-refractivity contribution is 7.94. The first-order valence-electron chi connectivity index (χ1n) is 10.4. The molecule has 0 saturated carbocycles. The third-order valence-electron chi connectivity index (χ3n) is 5.50. The Bertz CT molecular complexity index is 1180. The second kappa shape index (κ2) is 9.80. The van der Waals surface area contributed by atoms with Crippen LogP contribution in [0.1, 0.15) is 0 Å². The molecule has 1 aliphatic heterocycles. The minimum absolute atomic E-state index is 0.129. The summed E-state index contributed by atoms with van der Waals surface area (Å²) in [6.07, 6.45) is 0. The lowest BCUT2D eigenvalue weighted by Crippen LogP contribution is -2.52. The van der Waals surface area contributed by atoms with Crippen molar-refractivity contribution in [3.63, 3.8) is 0 Å². The maximum Gasteiger partial charge on any atom is 0.274 e. The molecule has 1 saturated heterocycles. The topological polar surface area (TPSA) is 70.2 Å². The van der Waals surface area contributed by atoms with Crippen LogP contribution in [-0.4, -0.2) is 59.1 Å². The summed E-state index contributed by atoms with van der Waals surface area (Å²) in [7, 11) is -2.34. The van der Waals surface area contributed by atoms with Crippen molar-refractivity contribution in [1.29, 1.82) is 0 Å². The number of amides is 1. The number of halogens is 1. The van der Waals surface area contributed by atoms with E-state index in [1.165, 1.54) is 30.3 Å². The fraction of sp³-hybridized carbons (Fsp3) is 0.261. The average molecular weight is 490 g/mol. The quantitative estimate of drug-likeness (QED) is 0.509. The fourth-order valence-corrected chi connectivity index (χ4v) is 6.19. The molecule has 2 aromatic carbocycles. The summed E-state index contributed by atoms with van der Waals surface area (Å²) >= 11 is 1.07. The predicted molar refractivity (Wildman–Crippen MR) is 127 cm³/mol. The lowest BCUT2D eigenvalue weighted by Gasteiger charge is -2.37. The molecule has 0 unspecified atom stereocenters. The molecule has 1 aromatic heterocycles. The highest BCUT2D eigenvalue weighted by Gasteiger charge is 2.31. The molecule has 4 rings (SSSR count). The zero-order valence-electron chi connectivity index (χ0n) is 18.1. The van der Waals surface area contributed by atoms with Crippen LogP contribution in [0.15, 0.2) is 70.3 Å². The van der Waals surface area contributed by atoms with Gasteiger partial charge in [-0.3, -0.25) is 9.10 Å². The number of sulfonamides is 1. The standard InChI is InChI=1S/C23H24FN3O4S2/c1-31-21-10-8-19(9-11-21)25-12-14-26(15-13-25)22(28)17-27(20-6-4-18(24)5-7-20)33(29,30)23-3-2-16-32-23/h2-11,16H,12-15,17H2,1H3. The van der Waals surface area contributed by atoms with Gasteiger partial charge in [0.1, 0.15) is 22.3 Å². The largest absolute Gasteiger partial charge is 0.497 e. The molecule has 33 heavy (non-hydrogen) atoms. The van der Waals surface area contributed by atoms with E-state index in [1.54, 1.807) is 23.5 Å². The lowest BCUT2D eigenvalue weighted by atomic mass is 10.2. The number of hydrogen-bond donors (Lipinski definition) is 0. The Morgan fingerprint density at radius 2 is 1.70 bits per heavy atom. The predicted octanol–water partition coefficient (Wildman–Crippen LogP) is 3.44. The number of carbonyl (C=O) groups excluding carboxylic acids is 1. The van der Waals surface area contributed by atoms with E-state index in [0.717, 1.165) is 27.1 Å². The van der Waals surface area contributed by atoms with E-state index in [9.17, 15) is 17.6 Å². The molecule has 0 bridgehead atoms. The maximum absolute atomic E-state index is 13.4. The van der Waals surface area contributed by atoms with Crippen LogP contribution >= 0.6 is 11.3 Å². The SMILES string of the molecule is COc1ccc(N2CCN(C(=O)CN(c3ccc(F)cc3)S(=O)(=O)c3cccs3)CC2)cc1. The van der Waals surface area contributed by atoms with Gasteiger partial charge in [-0.25, -0.2) is 12.8 Å². The molecular formula is C23H24FN3O4S2. The van der Waals surface area contributed by atoms with Crippen molar-refractivity contribution in [3.05, 3.63) is 71.9 Å². The number of methoxy groups -OCH3 is 1. The van der Waals surface area contributed by atoms with Crippen molar-refractivity contribution < 1.29 is 22.3 Å². The molecule has 3 aromatic rings. The third-order valence-corrected chi connectivity index (χ3v) is 8.65. The van der Waals surface area contributed by atoms with Gasteiger partial charge < -0.3 is 14.5 Å². The Kier molecular flexibility index (Phi) is 6.85. The lowest BCUT2D eigenvalue weighted by molar-refractivity contribution is -0.129. The second-order valence-corrected chi connectivity index (χ2v) is 10.5. The van der Waals surface area contributed by atoms with E-state index in [1.807, 2.05) is 24.3 Å². The number of ether oxygens (including phenoxy) is 1. The summed E-state index contributed by atoms with van der Waals surface area (Å²) in [5.41, 5.74) is 1.28. The molecule has 2 heterocycles. The molecule has 1 fully saturated rings. The molecule has 0 radical (unpaired) electrons. The van der Waals surface area contributed by atoms with Gasteiger partial charge in [0, 0.05) is 31.9 Å². The molecule has 1 aliphatic rings. The molecule has 1 amide bonds. The molecule has 174 valence electrons. The number of thiophene rings is 1. The average Bonchev–Trinajstić information content (AvgIpc) is 3.39. The van der Waals surface area contributed by atoms with Crippen molar-refractivity contribution in [2.75, 3.05) is 49.0 Å². The van der Waals surface area contributed by atoms with Crippen LogP contribution in [0.2, 0.25) is 0 Å². The highest BCUT2D eigenvalue weighted by Crippen LogP contribution is 2.27. The second-order valence-electron chi connectivity index (χ2n) is 7.49. The number of nitrogens with zero attached hydrogens (tertiary/aromatic N) is 3. The van der Waals surface area contributed by atoms with Crippen LogP contribution in [0.5, 0.6) is 5.75 Å². The number of piperazine rings is 1. The van der Waals surface area contributed by atoms with Crippen LogP contribution in [0.3, 0.4) is 0 Å². The minimum atomic E-state index is -3.96. The zero-order valence-corrected chi connectivity index (χ0v) is 19.7. The van der Waals surface area contributed by atoms with Gasteiger partial charge in [0.15, 0.2) is 0 Å². The minimum Gasteiger partial charge on any atom is -0.497 e. The Hall–Kier alpha value is -3.11. The summed E-state index contributed by atoms with van der Waals surface area (Å²) in [5, 5.41) is 1.66. The molecule has 0 aliphatic carbocycles. The van der Waals surface area contributed by atoms with Crippen LogP contribution in [-0.2, 0) is 14.8 Å². The zero-order chi connectivity index (χ0) is 23.4. The van der Waals surface area contributed by atoms with E-state index in [2.05, 4.69) is 4.90 Å².